The number of hydrogen-bond donors (Lipinski definition) is 0. The lowest BCUT2D eigenvalue weighted by atomic mass is 10.1. The number of nitrogens with zero attached hydrogens (tertiary/aromatic N) is 1. The average molecular weight is 480 g/mol. The predicted octanol–water partition coefficient (Wildman–Crippen LogP) is 5.94. The monoisotopic (exact) mass is 479 g/mol. The second-order valence-corrected chi connectivity index (χ2v) is 7.84. The molecule has 7 nitrogen and oxygen atoms in total. The molecule has 2 aromatic carbocycles. The molecule has 0 bridgehead atoms. The summed E-state index contributed by atoms with van der Waals surface area (Å²) in [5, 5.41) is 0. The van der Waals surface area contributed by atoms with Crippen molar-refractivity contribution in [2.24, 2.45) is 0 Å². The molecule has 0 saturated heterocycles. The fourth-order valence-electron chi connectivity index (χ4n) is 3.69. The summed E-state index contributed by atoms with van der Waals surface area (Å²) >= 11 is 0. The zero-order valence-electron chi connectivity index (χ0n) is 21.0. The molecule has 186 valence electrons. The number of pyridine rings is 1. The summed E-state index contributed by atoms with van der Waals surface area (Å²) in [5.41, 5.74) is 3.18. The molecule has 0 saturated carbocycles. The third-order valence-corrected chi connectivity index (χ3v) is 5.53. The first-order valence-corrected chi connectivity index (χ1v) is 11.8. The number of aromatic nitrogens is 1. The van der Waals surface area contributed by atoms with Gasteiger partial charge in [0.2, 0.25) is 0 Å². The van der Waals surface area contributed by atoms with Crippen molar-refractivity contribution >= 4 is 5.97 Å². The Balaban J connectivity index is 1.97. The molecule has 0 spiro atoms. The van der Waals surface area contributed by atoms with Crippen molar-refractivity contribution in [3.8, 4) is 45.5 Å². The number of carbonyl (C=O) groups is 1. The molecule has 0 amide bonds. The Morgan fingerprint density at radius 3 is 2.31 bits per heavy atom. The molecule has 0 aliphatic heterocycles. The second kappa shape index (κ2) is 12.6. The molecule has 3 aromatic rings. The third-order valence-electron chi connectivity index (χ3n) is 5.53. The minimum atomic E-state index is -0.707. The molecule has 1 atom stereocenters. The minimum absolute atomic E-state index is 0.299. The van der Waals surface area contributed by atoms with Crippen LogP contribution in [0.3, 0.4) is 0 Å². The van der Waals surface area contributed by atoms with E-state index in [9.17, 15) is 4.79 Å². The smallest absolute Gasteiger partial charge is 0.347 e. The number of ether oxygens (including phenoxy) is 5. The van der Waals surface area contributed by atoms with Crippen LogP contribution in [-0.2, 0) is 9.53 Å². The predicted molar refractivity (Wildman–Crippen MR) is 135 cm³/mol. The van der Waals surface area contributed by atoms with E-state index >= 15 is 0 Å². The summed E-state index contributed by atoms with van der Waals surface area (Å²) in [7, 11) is 4.81. The SMILES string of the molecule is CCCCC(Oc1cc(-c2cccc(-c3ccc(OC)cc3OC)n2)ccc1OC)C(=O)OCC. The van der Waals surface area contributed by atoms with E-state index in [1.807, 2.05) is 54.6 Å². The lowest BCUT2D eigenvalue weighted by Gasteiger charge is -2.20. The number of esters is 1. The molecule has 1 aromatic heterocycles. The van der Waals surface area contributed by atoms with Gasteiger partial charge in [-0.3, -0.25) is 0 Å². The van der Waals surface area contributed by atoms with E-state index in [2.05, 4.69) is 6.92 Å². The van der Waals surface area contributed by atoms with Gasteiger partial charge in [-0.15, -0.1) is 0 Å². The summed E-state index contributed by atoms with van der Waals surface area (Å²) in [6.07, 6.45) is 1.65. The van der Waals surface area contributed by atoms with Crippen LogP contribution in [0.15, 0.2) is 54.6 Å². The number of hydrogen-bond acceptors (Lipinski definition) is 7. The summed E-state index contributed by atoms with van der Waals surface area (Å²) in [6.45, 7) is 4.15. The van der Waals surface area contributed by atoms with Gasteiger partial charge in [0.1, 0.15) is 11.5 Å². The van der Waals surface area contributed by atoms with Crippen molar-refractivity contribution in [2.45, 2.75) is 39.2 Å². The van der Waals surface area contributed by atoms with Crippen LogP contribution >= 0.6 is 0 Å². The normalized spacial score (nSPS) is 11.5. The molecular weight excluding hydrogens is 446 g/mol. The number of rotatable bonds is 12. The number of unbranched alkanes of at least 4 members (excludes halogenated alkanes) is 1. The van der Waals surface area contributed by atoms with Gasteiger partial charge in [-0.1, -0.05) is 19.4 Å². The van der Waals surface area contributed by atoms with E-state index in [0.717, 1.165) is 35.4 Å². The van der Waals surface area contributed by atoms with Crippen LogP contribution in [0.2, 0.25) is 0 Å². The molecule has 0 aliphatic carbocycles. The van der Waals surface area contributed by atoms with Gasteiger partial charge < -0.3 is 23.7 Å². The standard InChI is InChI=1S/C28H33NO6/c1-6-8-12-25(28(30)34-7-2)35-27-17-19(13-16-24(27)32-4)22-10-9-11-23(29-22)21-15-14-20(31-3)18-26(21)33-5/h9-11,13-18,25H,6-8,12H2,1-5H3. The van der Waals surface area contributed by atoms with Crippen LogP contribution < -0.4 is 18.9 Å². The van der Waals surface area contributed by atoms with E-state index in [4.69, 9.17) is 28.7 Å². The summed E-state index contributed by atoms with van der Waals surface area (Å²) in [6, 6.07) is 17.0. The lowest BCUT2D eigenvalue weighted by Crippen LogP contribution is -2.29. The highest BCUT2D eigenvalue weighted by Gasteiger charge is 2.23. The second-order valence-electron chi connectivity index (χ2n) is 7.84. The molecule has 0 N–H and O–H groups in total. The molecule has 3 rings (SSSR count). The zero-order chi connectivity index (χ0) is 25.2. The molecule has 1 unspecified atom stereocenters. The van der Waals surface area contributed by atoms with Gasteiger partial charge in [0, 0.05) is 17.2 Å². The van der Waals surface area contributed by atoms with Gasteiger partial charge in [0.25, 0.3) is 0 Å². The van der Waals surface area contributed by atoms with Crippen LogP contribution in [0.25, 0.3) is 22.5 Å². The van der Waals surface area contributed by atoms with Crippen LogP contribution in [0.1, 0.15) is 33.1 Å². The number of carbonyl (C=O) groups excluding carboxylic acids is 1. The van der Waals surface area contributed by atoms with Gasteiger partial charge in [0.05, 0.1) is 39.3 Å². The Morgan fingerprint density at radius 2 is 1.63 bits per heavy atom. The van der Waals surface area contributed by atoms with Crippen molar-refractivity contribution in [2.75, 3.05) is 27.9 Å². The summed E-state index contributed by atoms with van der Waals surface area (Å²) in [5.74, 6) is 2.00. The Morgan fingerprint density at radius 1 is 0.857 bits per heavy atom. The average Bonchev–Trinajstić information content (AvgIpc) is 2.90. The highest BCUT2D eigenvalue weighted by molar-refractivity contribution is 5.76. The Hall–Kier alpha value is -3.74. The fourth-order valence-corrected chi connectivity index (χ4v) is 3.69. The fraction of sp³-hybridized carbons (Fsp3) is 0.357. The summed E-state index contributed by atoms with van der Waals surface area (Å²) in [4.78, 5) is 17.4. The minimum Gasteiger partial charge on any atom is -0.497 e. The van der Waals surface area contributed by atoms with Crippen molar-refractivity contribution in [1.29, 1.82) is 0 Å². The molecule has 35 heavy (non-hydrogen) atoms. The molecule has 0 aliphatic rings. The van der Waals surface area contributed by atoms with Gasteiger partial charge in [0.15, 0.2) is 17.6 Å². The van der Waals surface area contributed by atoms with Gasteiger partial charge in [-0.05, 0) is 62.2 Å². The zero-order valence-corrected chi connectivity index (χ0v) is 21.0. The maximum atomic E-state index is 12.5. The van der Waals surface area contributed by atoms with Crippen LogP contribution in [0.5, 0.6) is 23.0 Å². The van der Waals surface area contributed by atoms with Crippen LogP contribution in [-0.4, -0.2) is 45.0 Å². The maximum Gasteiger partial charge on any atom is 0.347 e. The highest BCUT2D eigenvalue weighted by Crippen LogP contribution is 2.36. The van der Waals surface area contributed by atoms with Crippen molar-refractivity contribution in [1.82, 2.24) is 4.98 Å². The van der Waals surface area contributed by atoms with E-state index in [-0.39, 0.29) is 5.97 Å². The van der Waals surface area contributed by atoms with E-state index in [1.54, 1.807) is 28.3 Å². The molecule has 1 heterocycles. The van der Waals surface area contributed by atoms with Gasteiger partial charge in [-0.25, -0.2) is 9.78 Å². The Bertz CT molecular complexity index is 1130. The number of benzene rings is 2. The third kappa shape index (κ3) is 6.44. The van der Waals surface area contributed by atoms with Gasteiger partial charge >= 0.3 is 5.97 Å². The number of methoxy groups -OCH3 is 3. The Labute approximate surface area is 207 Å². The van der Waals surface area contributed by atoms with E-state index in [0.29, 0.717) is 36.0 Å². The van der Waals surface area contributed by atoms with Crippen molar-refractivity contribution in [3.63, 3.8) is 0 Å². The quantitative estimate of drug-likeness (QED) is 0.297. The van der Waals surface area contributed by atoms with Crippen molar-refractivity contribution in [3.05, 3.63) is 54.6 Å². The highest BCUT2D eigenvalue weighted by atomic mass is 16.6. The molecular formula is C28H33NO6. The van der Waals surface area contributed by atoms with Crippen molar-refractivity contribution < 1.29 is 28.5 Å². The van der Waals surface area contributed by atoms with Gasteiger partial charge in [-0.2, -0.15) is 0 Å². The molecule has 0 radical (unpaired) electrons. The first kappa shape index (κ1) is 25.9. The molecule has 0 fully saturated rings. The van der Waals surface area contributed by atoms with Crippen LogP contribution in [0, 0.1) is 0 Å². The Kier molecular flexibility index (Phi) is 9.35. The van der Waals surface area contributed by atoms with E-state index < -0.39 is 6.10 Å². The first-order valence-electron chi connectivity index (χ1n) is 11.8. The largest absolute Gasteiger partial charge is 0.497 e. The first-order chi connectivity index (χ1) is 17.0. The van der Waals surface area contributed by atoms with Crippen LogP contribution in [0.4, 0.5) is 0 Å². The summed E-state index contributed by atoms with van der Waals surface area (Å²) < 4.78 is 27.7. The topological polar surface area (TPSA) is 76.1 Å². The molecule has 7 heteroatoms. The maximum absolute atomic E-state index is 12.5. The lowest BCUT2D eigenvalue weighted by molar-refractivity contribution is -0.151. The van der Waals surface area contributed by atoms with E-state index in [1.165, 1.54) is 0 Å².